The van der Waals surface area contributed by atoms with E-state index >= 15 is 0 Å². The normalized spacial score (nSPS) is 26.2. The first-order chi connectivity index (χ1) is 15.1. The Hall–Kier alpha value is -3.01. The molecule has 1 aromatic heterocycles. The second-order valence-corrected chi connectivity index (χ2v) is 8.91. The highest BCUT2D eigenvalue weighted by molar-refractivity contribution is 5.97. The van der Waals surface area contributed by atoms with Crippen molar-refractivity contribution >= 4 is 11.6 Å². The number of carbonyl (C=O) groups is 1. The molecule has 0 saturated carbocycles. The van der Waals surface area contributed by atoms with Gasteiger partial charge in [-0.1, -0.05) is 60.2 Å². The maximum Gasteiger partial charge on any atom is 0.168 e. The number of carbonyl (C=O) groups excluding carboxylic acids is 1. The topological polar surface area (TPSA) is 45.6 Å². The number of aryl methyl sites for hydroxylation is 1. The molecule has 1 aliphatic heterocycles. The number of benzene rings is 1. The Morgan fingerprint density at radius 1 is 1.16 bits per heavy atom. The zero-order valence-corrected chi connectivity index (χ0v) is 18.1. The summed E-state index contributed by atoms with van der Waals surface area (Å²) in [6.45, 7) is 0. The molecule has 2 heterocycles. The highest BCUT2D eigenvalue weighted by atomic mass is 16.1. The molecule has 4 heteroatoms. The largest absolute Gasteiger partial charge is 0.356 e. The van der Waals surface area contributed by atoms with Crippen LogP contribution in [0.2, 0.25) is 0 Å². The number of pyridine rings is 1. The van der Waals surface area contributed by atoms with Gasteiger partial charge < -0.3 is 4.90 Å². The van der Waals surface area contributed by atoms with Gasteiger partial charge in [-0.25, -0.2) is 0 Å². The third kappa shape index (κ3) is 3.87. The van der Waals surface area contributed by atoms with Crippen LogP contribution in [0.1, 0.15) is 55.0 Å². The fourth-order valence-electron chi connectivity index (χ4n) is 4.98. The van der Waals surface area contributed by atoms with Gasteiger partial charge in [-0.3, -0.25) is 14.8 Å². The summed E-state index contributed by atoms with van der Waals surface area (Å²) in [7, 11) is 2.11. The van der Waals surface area contributed by atoms with Crippen molar-refractivity contribution in [3.63, 3.8) is 0 Å². The van der Waals surface area contributed by atoms with E-state index in [1.54, 1.807) is 0 Å². The lowest BCUT2D eigenvalue weighted by atomic mass is 9.79. The first-order valence-electron chi connectivity index (χ1n) is 11.3. The number of likely N-dealkylation sites (tertiary alicyclic amines) is 1. The summed E-state index contributed by atoms with van der Waals surface area (Å²) in [5.74, 6) is 1.28. The van der Waals surface area contributed by atoms with E-state index in [1.807, 2.05) is 18.3 Å². The second-order valence-electron chi connectivity index (χ2n) is 8.91. The molecule has 2 aliphatic carbocycles. The summed E-state index contributed by atoms with van der Waals surface area (Å²) in [5.41, 5.74) is 4.32. The molecule has 31 heavy (non-hydrogen) atoms. The van der Waals surface area contributed by atoms with Crippen molar-refractivity contribution in [2.45, 2.75) is 56.5 Å². The van der Waals surface area contributed by atoms with E-state index in [-0.39, 0.29) is 5.78 Å². The van der Waals surface area contributed by atoms with Gasteiger partial charge in [-0.2, -0.15) is 0 Å². The van der Waals surface area contributed by atoms with Gasteiger partial charge in [0, 0.05) is 44.6 Å². The molecular formula is C27H29N3O. The minimum atomic E-state index is -0.673. The number of allylic oxidation sites excluding steroid dienone is 2. The summed E-state index contributed by atoms with van der Waals surface area (Å²) in [6.07, 6.45) is 14.0. The maximum atomic E-state index is 13.4. The molecule has 0 spiro atoms. The second kappa shape index (κ2) is 8.26. The number of nitrogens with zero attached hydrogens (tertiary/aromatic N) is 3. The van der Waals surface area contributed by atoms with Gasteiger partial charge in [0.2, 0.25) is 0 Å². The van der Waals surface area contributed by atoms with Crippen LogP contribution in [-0.2, 0) is 17.6 Å². The fraction of sp³-hybridized carbons (Fsp3) is 0.370. The zero-order valence-electron chi connectivity index (χ0n) is 18.1. The number of aliphatic imine (C=N–C) groups is 1. The van der Waals surface area contributed by atoms with Crippen LogP contribution in [0.5, 0.6) is 0 Å². The van der Waals surface area contributed by atoms with Gasteiger partial charge in [-0.05, 0) is 36.5 Å². The molecule has 5 rings (SSSR count). The first kappa shape index (κ1) is 19.9. The van der Waals surface area contributed by atoms with Crippen LogP contribution in [0.3, 0.4) is 0 Å². The molecule has 1 unspecified atom stereocenters. The number of Topliss-reactive ketones (excluding diaryl/α,β-unsaturated/α-hetero) is 1. The van der Waals surface area contributed by atoms with Crippen LogP contribution < -0.4 is 0 Å². The predicted octanol–water partition coefficient (Wildman–Crippen LogP) is 5.02. The smallest absolute Gasteiger partial charge is 0.168 e. The summed E-state index contributed by atoms with van der Waals surface area (Å²) in [5, 5.41) is 0. The highest BCUT2D eigenvalue weighted by Crippen LogP contribution is 2.37. The van der Waals surface area contributed by atoms with E-state index < -0.39 is 5.54 Å². The number of rotatable bonds is 5. The van der Waals surface area contributed by atoms with Gasteiger partial charge in [0.1, 0.15) is 11.4 Å². The summed E-state index contributed by atoms with van der Waals surface area (Å²) >= 11 is 0. The van der Waals surface area contributed by atoms with Crippen molar-refractivity contribution in [3.8, 4) is 0 Å². The fourth-order valence-corrected chi connectivity index (χ4v) is 4.98. The van der Waals surface area contributed by atoms with Crippen LogP contribution in [0, 0.1) is 0 Å². The van der Waals surface area contributed by atoms with Crippen molar-refractivity contribution in [1.29, 1.82) is 0 Å². The monoisotopic (exact) mass is 411 g/mol. The highest BCUT2D eigenvalue weighted by Gasteiger charge is 2.41. The van der Waals surface area contributed by atoms with Crippen molar-refractivity contribution in [2.24, 2.45) is 4.99 Å². The van der Waals surface area contributed by atoms with Gasteiger partial charge in [0.15, 0.2) is 5.78 Å². The molecular weight excluding hydrogens is 382 g/mol. The first-order valence-corrected chi connectivity index (χ1v) is 11.3. The number of hydrogen-bond donors (Lipinski definition) is 0. The molecule has 158 valence electrons. The van der Waals surface area contributed by atoms with Crippen LogP contribution >= 0.6 is 0 Å². The molecule has 1 saturated heterocycles. The molecule has 0 radical (unpaired) electrons. The lowest BCUT2D eigenvalue weighted by Crippen LogP contribution is -2.41. The summed E-state index contributed by atoms with van der Waals surface area (Å²) in [4.78, 5) is 25.3. The SMILES string of the molecule is CN1C(=NC2(C(=O)CC3=CCc4ncccc4CC3)C=CC2)CC[C@@H]1c1ccccc1. The van der Waals surface area contributed by atoms with E-state index in [4.69, 9.17) is 4.99 Å². The lowest BCUT2D eigenvalue weighted by Gasteiger charge is -2.33. The van der Waals surface area contributed by atoms with Crippen molar-refractivity contribution in [3.05, 3.63) is 89.3 Å². The van der Waals surface area contributed by atoms with Gasteiger partial charge in [-0.15, -0.1) is 0 Å². The minimum Gasteiger partial charge on any atom is -0.356 e. The van der Waals surface area contributed by atoms with E-state index in [0.717, 1.165) is 43.6 Å². The molecule has 0 amide bonds. The quantitative estimate of drug-likeness (QED) is 0.649. The zero-order chi connectivity index (χ0) is 21.3. The Balaban J connectivity index is 1.31. The number of aromatic nitrogens is 1. The van der Waals surface area contributed by atoms with E-state index in [9.17, 15) is 4.79 Å². The molecule has 1 fully saturated rings. The Labute approximate surface area is 184 Å². The Morgan fingerprint density at radius 2 is 2.00 bits per heavy atom. The van der Waals surface area contributed by atoms with Crippen molar-refractivity contribution in [1.82, 2.24) is 9.88 Å². The third-order valence-corrected chi connectivity index (χ3v) is 7.01. The van der Waals surface area contributed by atoms with E-state index in [2.05, 4.69) is 65.5 Å². The van der Waals surface area contributed by atoms with E-state index in [1.165, 1.54) is 16.7 Å². The van der Waals surface area contributed by atoms with Gasteiger partial charge >= 0.3 is 0 Å². The van der Waals surface area contributed by atoms with Crippen LogP contribution in [0.15, 0.2) is 77.5 Å². The molecule has 0 bridgehead atoms. The Morgan fingerprint density at radius 3 is 2.77 bits per heavy atom. The number of fused-ring (bicyclic) bond motifs is 1. The molecule has 2 atom stereocenters. The average Bonchev–Trinajstić information content (AvgIpc) is 3.00. The molecule has 3 aliphatic rings. The van der Waals surface area contributed by atoms with Crippen LogP contribution in [0.4, 0.5) is 0 Å². The molecule has 4 nitrogen and oxygen atoms in total. The molecule has 1 aromatic carbocycles. The van der Waals surface area contributed by atoms with Crippen LogP contribution in [0.25, 0.3) is 0 Å². The third-order valence-electron chi connectivity index (χ3n) is 7.01. The van der Waals surface area contributed by atoms with Gasteiger partial charge in [0.05, 0.1) is 6.04 Å². The average molecular weight is 412 g/mol. The maximum absolute atomic E-state index is 13.4. The Bertz CT molecular complexity index is 1070. The Kier molecular flexibility index (Phi) is 5.31. The lowest BCUT2D eigenvalue weighted by molar-refractivity contribution is -0.122. The standard InChI is InChI=1S/C27H29N3O/c1-30-24(22-7-3-2-4-8-22)14-15-26(30)29-27(16-6-17-27)25(31)19-20-10-12-21-9-5-18-28-23(21)13-11-20/h2-9,11,16,18,24H,10,12-15,17,19H2,1H3/t24-,27?/m1/s1. The van der Waals surface area contributed by atoms with Crippen molar-refractivity contribution in [2.75, 3.05) is 7.05 Å². The summed E-state index contributed by atoms with van der Waals surface area (Å²) in [6, 6.07) is 15.1. The molecule has 2 aromatic rings. The number of ketones is 1. The predicted molar refractivity (Wildman–Crippen MR) is 124 cm³/mol. The van der Waals surface area contributed by atoms with Crippen molar-refractivity contribution < 1.29 is 4.79 Å². The number of amidine groups is 1. The van der Waals surface area contributed by atoms with E-state index in [0.29, 0.717) is 18.9 Å². The van der Waals surface area contributed by atoms with Gasteiger partial charge in [0.25, 0.3) is 0 Å². The number of hydrogen-bond acceptors (Lipinski definition) is 3. The molecule has 0 N–H and O–H groups in total. The summed E-state index contributed by atoms with van der Waals surface area (Å²) < 4.78 is 0. The van der Waals surface area contributed by atoms with Crippen LogP contribution in [-0.4, -0.2) is 34.1 Å². The minimum absolute atomic E-state index is 0.226.